The number of nitrogens with zero attached hydrogens (tertiary/aromatic N) is 2. The second kappa shape index (κ2) is 9.06. The maximum Gasteiger partial charge on any atom is 0.270 e. The summed E-state index contributed by atoms with van der Waals surface area (Å²) in [4.78, 5) is 56.7. The number of aromatic nitrogens is 1. The Morgan fingerprint density at radius 2 is 1.84 bits per heavy atom. The van der Waals surface area contributed by atoms with Gasteiger partial charge in [-0.15, -0.1) is 0 Å². The van der Waals surface area contributed by atoms with E-state index in [-0.39, 0.29) is 30.1 Å². The van der Waals surface area contributed by atoms with Crippen molar-refractivity contribution >= 4 is 34.5 Å². The Hall–Kier alpha value is -4.14. The molecule has 0 bridgehead atoms. The second-order valence-corrected chi connectivity index (χ2v) is 9.99. The van der Waals surface area contributed by atoms with Crippen LogP contribution in [0.1, 0.15) is 63.6 Å². The van der Waals surface area contributed by atoms with Crippen molar-refractivity contribution in [3.8, 4) is 5.75 Å². The highest BCUT2D eigenvalue weighted by molar-refractivity contribution is 6.05. The Balaban J connectivity index is 1.12. The number of nitrogens with one attached hydrogen (secondary N) is 2. The minimum atomic E-state index is -0.611. The van der Waals surface area contributed by atoms with E-state index in [1.807, 2.05) is 41.3 Å². The van der Waals surface area contributed by atoms with E-state index in [1.165, 1.54) is 0 Å². The third kappa shape index (κ3) is 4.04. The van der Waals surface area contributed by atoms with Crippen molar-refractivity contribution in [1.82, 2.24) is 20.1 Å². The molecule has 2 saturated heterocycles. The van der Waals surface area contributed by atoms with Gasteiger partial charge in [0.25, 0.3) is 11.8 Å². The smallest absolute Gasteiger partial charge is 0.270 e. The maximum atomic E-state index is 13.2. The molecular weight excluding hydrogens is 472 g/mol. The quantitative estimate of drug-likeness (QED) is 0.535. The number of methoxy groups -OCH3 is 1. The number of para-hydroxylation sites is 1. The van der Waals surface area contributed by atoms with Crippen molar-refractivity contribution < 1.29 is 23.9 Å². The normalized spacial score (nSPS) is 20.4. The first-order valence-corrected chi connectivity index (χ1v) is 12.7. The molecule has 3 aliphatic heterocycles. The fraction of sp³-hybridized carbons (Fsp3) is 0.357. The molecule has 2 N–H and O–H groups in total. The number of likely N-dealkylation sites (tertiary alicyclic amines) is 1. The number of hydrogen-bond donors (Lipinski definition) is 2. The number of amides is 4. The largest absolute Gasteiger partial charge is 0.495 e. The van der Waals surface area contributed by atoms with Crippen LogP contribution in [0.3, 0.4) is 0 Å². The van der Waals surface area contributed by atoms with E-state index in [0.29, 0.717) is 43.1 Å². The Morgan fingerprint density at radius 1 is 1.03 bits per heavy atom. The topological polar surface area (TPSA) is 112 Å². The summed E-state index contributed by atoms with van der Waals surface area (Å²) in [6.45, 7) is 1.66. The molecule has 0 spiro atoms. The second-order valence-electron chi connectivity index (χ2n) is 9.99. The Morgan fingerprint density at radius 3 is 2.59 bits per heavy atom. The minimum absolute atomic E-state index is 0.0175. The Bertz CT molecular complexity index is 1440. The van der Waals surface area contributed by atoms with Crippen LogP contribution in [0, 0.1) is 0 Å². The molecular formula is C28H28N4O5. The first-order valence-electron chi connectivity index (χ1n) is 12.7. The van der Waals surface area contributed by atoms with Crippen LogP contribution in [0.5, 0.6) is 5.75 Å². The molecule has 190 valence electrons. The number of rotatable bonds is 4. The fourth-order valence-corrected chi connectivity index (χ4v) is 5.85. The zero-order valence-corrected chi connectivity index (χ0v) is 20.6. The molecule has 0 saturated carbocycles. The predicted molar refractivity (Wildman–Crippen MR) is 135 cm³/mol. The summed E-state index contributed by atoms with van der Waals surface area (Å²) < 4.78 is 5.40. The number of ether oxygens (including phenoxy) is 1. The maximum absolute atomic E-state index is 13.2. The molecule has 2 aromatic carbocycles. The number of imide groups is 1. The lowest BCUT2D eigenvalue weighted by molar-refractivity contribution is -0.136. The summed E-state index contributed by atoms with van der Waals surface area (Å²) in [7, 11) is 1.61. The van der Waals surface area contributed by atoms with Crippen LogP contribution in [0.15, 0.2) is 42.5 Å². The fourth-order valence-electron chi connectivity index (χ4n) is 5.85. The van der Waals surface area contributed by atoms with E-state index < -0.39 is 11.9 Å². The average molecular weight is 501 g/mol. The monoisotopic (exact) mass is 500 g/mol. The highest BCUT2D eigenvalue weighted by Gasteiger charge is 2.39. The molecule has 1 atom stereocenters. The zero-order valence-electron chi connectivity index (χ0n) is 20.6. The molecule has 0 aliphatic carbocycles. The zero-order chi connectivity index (χ0) is 25.7. The first-order chi connectivity index (χ1) is 17.9. The van der Waals surface area contributed by atoms with E-state index >= 15 is 0 Å². The van der Waals surface area contributed by atoms with Gasteiger partial charge in [-0.25, -0.2) is 0 Å². The third-order valence-electron chi connectivity index (χ3n) is 7.87. The number of benzene rings is 2. The van der Waals surface area contributed by atoms with E-state index in [4.69, 9.17) is 4.74 Å². The van der Waals surface area contributed by atoms with Crippen molar-refractivity contribution in [2.24, 2.45) is 0 Å². The van der Waals surface area contributed by atoms with Gasteiger partial charge in [-0.1, -0.05) is 24.3 Å². The highest BCUT2D eigenvalue weighted by Crippen LogP contribution is 2.34. The summed E-state index contributed by atoms with van der Waals surface area (Å²) in [5, 5.41) is 3.28. The van der Waals surface area contributed by atoms with Gasteiger partial charge in [0.2, 0.25) is 11.8 Å². The van der Waals surface area contributed by atoms with Crippen molar-refractivity contribution in [2.75, 3.05) is 20.2 Å². The van der Waals surface area contributed by atoms with Crippen LogP contribution in [-0.2, 0) is 16.1 Å². The number of H-pyrrole nitrogens is 1. The van der Waals surface area contributed by atoms with E-state index in [2.05, 4.69) is 16.4 Å². The molecule has 3 aliphatic rings. The van der Waals surface area contributed by atoms with Crippen LogP contribution in [-0.4, -0.2) is 64.7 Å². The summed E-state index contributed by atoms with van der Waals surface area (Å²) in [5.74, 6) is 0.130. The van der Waals surface area contributed by atoms with Gasteiger partial charge in [0.1, 0.15) is 17.5 Å². The molecule has 9 nitrogen and oxygen atoms in total. The summed E-state index contributed by atoms with van der Waals surface area (Å²) in [5.41, 5.74) is 4.07. The molecule has 6 rings (SSSR count). The number of aromatic amines is 1. The van der Waals surface area contributed by atoms with Gasteiger partial charge in [0.05, 0.1) is 12.6 Å². The number of carbonyl (C=O) groups is 4. The Kier molecular flexibility index (Phi) is 5.70. The van der Waals surface area contributed by atoms with Gasteiger partial charge < -0.3 is 19.5 Å². The van der Waals surface area contributed by atoms with Crippen molar-refractivity contribution in [2.45, 2.75) is 44.2 Å². The van der Waals surface area contributed by atoms with E-state index in [1.54, 1.807) is 12.0 Å². The van der Waals surface area contributed by atoms with Crippen LogP contribution in [0.4, 0.5) is 0 Å². The molecule has 4 heterocycles. The first kappa shape index (κ1) is 23.3. The van der Waals surface area contributed by atoms with Crippen LogP contribution >= 0.6 is 0 Å². The van der Waals surface area contributed by atoms with Gasteiger partial charge >= 0.3 is 0 Å². The molecule has 37 heavy (non-hydrogen) atoms. The number of fused-ring (bicyclic) bond motifs is 2. The van der Waals surface area contributed by atoms with Crippen molar-refractivity contribution in [1.29, 1.82) is 0 Å². The van der Waals surface area contributed by atoms with Crippen LogP contribution in [0.25, 0.3) is 10.9 Å². The van der Waals surface area contributed by atoms with Gasteiger partial charge in [-0.05, 0) is 54.5 Å². The van der Waals surface area contributed by atoms with Gasteiger partial charge in [0.15, 0.2) is 0 Å². The average Bonchev–Trinajstić information content (AvgIpc) is 3.49. The molecule has 1 aromatic heterocycles. The lowest BCUT2D eigenvalue weighted by Gasteiger charge is -2.32. The van der Waals surface area contributed by atoms with E-state index in [9.17, 15) is 19.2 Å². The van der Waals surface area contributed by atoms with Crippen LogP contribution < -0.4 is 10.1 Å². The van der Waals surface area contributed by atoms with Gasteiger partial charge in [-0.3, -0.25) is 24.5 Å². The van der Waals surface area contributed by atoms with Gasteiger partial charge in [-0.2, -0.15) is 0 Å². The summed E-state index contributed by atoms with van der Waals surface area (Å²) in [6, 6.07) is 12.9. The number of carbonyl (C=O) groups excluding carboxylic acids is 4. The lowest BCUT2D eigenvalue weighted by Crippen LogP contribution is -2.52. The number of piperidine rings is 2. The Labute approximate surface area is 213 Å². The summed E-state index contributed by atoms with van der Waals surface area (Å²) in [6.07, 6.45) is 2.26. The molecule has 3 aromatic rings. The van der Waals surface area contributed by atoms with Crippen molar-refractivity contribution in [3.05, 3.63) is 64.8 Å². The molecule has 1 unspecified atom stereocenters. The van der Waals surface area contributed by atoms with E-state index in [0.717, 1.165) is 34.9 Å². The lowest BCUT2D eigenvalue weighted by atomic mass is 9.88. The predicted octanol–water partition coefficient (Wildman–Crippen LogP) is 2.96. The SMILES string of the molecule is COc1cccc2cc(C(=O)N3CCC(c4ccc5c(c4)CN(C4CCC(=O)NC4=O)C5=O)CC3)[nH]c12. The molecule has 2 fully saturated rings. The molecule has 9 heteroatoms. The third-order valence-corrected chi connectivity index (χ3v) is 7.87. The minimum Gasteiger partial charge on any atom is -0.495 e. The summed E-state index contributed by atoms with van der Waals surface area (Å²) >= 11 is 0. The number of hydrogen-bond acceptors (Lipinski definition) is 5. The van der Waals surface area contributed by atoms with Crippen LogP contribution in [0.2, 0.25) is 0 Å². The molecule has 4 amide bonds. The standard InChI is InChI=1S/C28H28N4O5/c1-37-23-4-2-3-18-14-21(29-25(18)23)28(36)31-11-9-16(10-12-31)17-5-6-20-19(13-17)15-32(27(20)35)22-7-8-24(33)30-26(22)34/h2-6,13-14,16,22,29H,7-12,15H2,1H3,(H,30,33,34). The highest BCUT2D eigenvalue weighted by atomic mass is 16.5. The van der Waals surface area contributed by atoms with Crippen molar-refractivity contribution in [3.63, 3.8) is 0 Å². The van der Waals surface area contributed by atoms with Gasteiger partial charge in [0, 0.05) is 37.0 Å². The molecule has 0 radical (unpaired) electrons.